The predicted octanol–water partition coefficient (Wildman–Crippen LogP) is 1.70. The molecule has 4 N–H and O–H groups in total. The molecule has 2 amide bonds. The average molecular weight is 384 g/mol. The highest BCUT2D eigenvalue weighted by atomic mass is 35.5. The van der Waals surface area contributed by atoms with Crippen molar-refractivity contribution in [1.82, 2.24) is 5.32 Å². The standard InChI is InChI=1S/C18H25N3O4.ClH/c1-24-14-6-5-13(8-15(14)25-10-16(19)22)21-17(23)18-7-3-2-4-12(18)9-20-11-18;/h5-6,8,12,20H,2-4,7,9-11H2,1H3,(H2,19,22)(H,21,23);1H/t12-,18+;/m0./s1. The van der Waals surface area contributed by atoms with Crippen molar-refractivity contribution in [2.24, 2.45) is 17.1 Å². The third kappa shape index (κ3) is 4.04. The van der Waals surface area contributed by atoms with E-state index >= 15 is 0 Å². The molecule has 0 bridgehead atoms. The highest BCUT2D eigenvalue weighted by Crippen LogP contribution is 2.44. The lowest BCUT2D eigenvalue weighted by atomic mass is 9.67. The monoisotopic (exact) mass is 383 g/mol. The number of methoxy groups -OCH3 is 1. The van der Waals surface area contributed by atoms with Crippen LogP contribution in [0.5, 0.6) is 11.5 Å². The number of nitrogens with one attached hydrogen (secondary N) is 2. The summed E-state index contributed by atoms with van der Waals surface area (Å²) in [6.07, 6.45) is 4.28. The molecular formula is C18H26ClN3O4. The molecule has 1 heterocycles. The summed E-state index contributed by atoms with van der Waals surface area (Å²) in [5, 5.41) is 6.40. The van der Waals surface area contributed by atoms with E-state index in [1.807, 2.05) is 0 Å². The summed E-state index contributed by atoms with van der Waals surface area (Å²) in [7, 11) is 1.51. The number of halogens is 1. The van der Waals surface area contributed by atoms with Gasteiger partial charge in [-0.15, -0.1) is 12.4 Å². The van der Waals surface area contributed by atoms with Crippen LogP contribution in [-0.4, -0.2) is 38.6 Å². The van der Waals surface area contributed by atoms with Crippen molar-refractivity contribution in [2.45, 2.75) is 25.7 Å². The molecule has 1 aliphatic heterocycles. The van der Waals surface area contributed by atoms with Crippen molar-refractivity contribution < 1.29 is 19.1 Å². The maximum Gasteiger partial charge on any atom is 0.255 e. The Hall–Kier alpha value is -1.99. The Morgan fingerprint density at radius 2 is 2.15 bits per heavy atom. The Balaban J connectivity index is 0.00000243. The SMILES string of the molecule is COc1ccc(NC(=O)[C@@]23CCCC[C@H]2CNC3)cc1OCC(N)=O.Cl. The fourth-order valence-corrected chi connectivity index (χ4v) is 3.96. The van der Waals surface area contributed by atoms with Crippen LogP contribution in [-0.2, 0) is 9.59 Å². The third-order valence-electron chi connectivity index (χ3n) is 5.28. The van der Waals surface area contributed by atoms with Crippen LogP contribution >= 0.6 is 12.4 Å². The highest BCUT2D eigenvalue weighted by Gasteiger charge is 2.49. The van der Waals surface area contributed by atoms with Crippen molar-refractivity contribution in [1.29, 1.82) is 0 Å². The van der Waals surface area contributed by atoms with Gasteiger partial charge in [-0.05, 0) is 37.4 Å². The van der Waals surface area contributed by atoms with E-state index in [2.05, 4.69) is 10.6 Å². The molecule has 8 heteroatoms. The molecule has 0 radical (unpaired) electrons. The van der Waals surface area contributed by atoms with Crippen LogP contribution in [0.2, 0.25) is 0 Å². The minimum Gasteiger partial charge on any atom is -0.493 e. The van der Waals surface area contributed by atoms with E-state index < -0.39 is 5.91 Å². The second-order valence-electron chi connectivity index (χ2n) is 6.80. The van der Waals surface area contributed by atoms with Gasteiger partial charge in [0.05, 0.1) is 12.5 Å². The van der Waals surface area contributed by atoms with Gasteiger partial charge in [-0.2, -0.15) is 0 Å². The number of carbonyl (C=O) groups excluding carboxylic acids is 2. The number of nitrogens with two attached hydrogens (primary N) is 1. The maximum atomic E-state index is 13.0. The lowest BCUT2D eigenvalue weighted by molar-refractivity contribution is -0.128. The number of benzene rings is 1. The Bertz CT molecular complexity index is 670. The van der Waals surface area contributed by atoms with Crippen LogP contribution in [0.4, 0.5) is 5.69 Å². The second-order valence-corrected chi connectivity index (χ2v) is 6.80. The summed E-state index contributed by atoms with van der Waals surface area (Å²) in [6, 6.07) is 5.14. The molecule has 0 unspecified atom stereocenters. The quantitative estimate of drug-likeness (QED) is 0.693. The number of anilines is 1. The Morgan fingerprint density at radius 3 is 2.88 bits per heavy atom. The second kappa shape index (κ2) is 8.60. The molecule has 7 nitrogen and oxygen atoms in total. The molecule has 0 aromatic heterocycles. The van der Waals surface area contributed by atoms with Crippen molar-refractivity contribution in [3.8, 4) is 11.5 Å². The number of hydrogen-bond acceptors (Lipinski definition) is 5. The first-order valence-electron chi connectivity index (χ1n) is 8.66. The van der Waals surface area contributed by atoms with Gasteiger partial charge in [-0.25, -0.2) is 0 Å². The highest BCUT2D eigenvalue weighted by molar-refractivity contribution is 5.96. The molecule has 2 atom stereocenters. The summed E-state index contributed by atoms with van der Waals surface area (Å²) >= 11 is 0. The Kier molecular flexibility index (Phi) is 6.72. The third-order valence-corrected chi connectivity index (χ3v) is 5.28. The summed E-state index contributed by atoms with van der Waals surface area (Å²) in [5.41, 5.74) is 5.42. The van der Waals surface area contributed by atoms with Gasteiger partial charge in [-0.3, -0.25) is 9.59 Å². The number of primary amides is 1. The van der Waals surface area contributed by atoms with Crippen LogP contribution in [0.15, 0.2) is 18.2 Å². The van der Waals surface area contributed by atoms with E-state index in [0.29, 0.717) is 23.1 Å². The van der Waals surface area contributed by atoms with Gasteiger partial charge < -0.3 is 25.8 Å². The van der Waals surface area contributed by atoms with Crippen molar-refractivity contribution in [3.05, 3.63) is 18.2 Å². The molecule has 2 fully saturated rings. The van der Waals surface area contributed by atoms with Crippen LogP contribution in [0.1, 0.15) is 25.7 Å². The molecule has 1 aliphatic carbocycles. The number of rotatable bonds is 6. The van der Waals surface area contributed by atoms with Crippen LogP contribution in [0, 0.1) is 11.3 Å². The predicted molar refractivity (Wildman–Crippen MR) is 101 cm³/mol. The minimum atomic E-state index is -0.572. The molecule has 144 valence electrons. The van der Waals surface area contributed by atoms with E-state index in [4.69, 9.17) is 15.2 Å². The van der Waals surface area contributed by atoms with Gasteiger partial charge in [0, 0.05) is 18.3 Å². The summed E-state index contributed by atoms with van der Waals surface area (Å²) in [4.78, 5) is 24.0. The van der Waals surface area contributed by atoms with Gasteiger partial charge in [0.15, 0.2) is 18.1 Å². The number of amides is 2. The zero-order valence-corrected chi connectivity index (χ0v) is 15.7. The van der Waals surface area contributed by atoms with E-state index in [1.54, 1.807) is 18.2 Å². The smallest absolute Gasteiger partial charge is 0.255 e. The number of fused-ring (bicyclic) bond motifs is 1. The van der Waals surface area contributed by atoms with Crippen LogP contribution in [0.3, 0.4) is 0 Å². The number of hydrogen-bond donors (Lipinski definition) is 3. The topological polar surface area (TPSA) is 103 Å². The zero-order chi connectivity index (χ0) is 17.9. The van der Waals surface area contributed by atoms with Crippen LogP contribution < -0.4 is 25.8 Å². The molecule has 2 aliphatic rings. The van der Waals surface area contributed by atoms with Gasteiger partial charge in [-0.1, -0.05) is 12.8 Å². The lowest BCUT2D eigenvalue weighted by Gasteiger charge is -2.37. The molecule has 1 saturated heterocycles. The fraction of sp³-hybridized carbons (Fsp3) is 0.556. The first-order chi connectivity index (χ1) is 12.0. The number of ether oxygens (including phenoxy) is 2. The molecular weight excluding hydrogens is 358 g/mol. The van der Waals surface area contributed by atoms with Crippen molar-refractivity contribution in [3.63, 3.8) is 0 Å². The van der Waals surface area contributed by atoms with E-state index in [9.17, 15) is 9.59 Å². The van der Waals surface area contributed by atoms with Gasteiger partial charge in [0.1, 0.15) is 0 Å². The van der Waals surface area contributed by atoms with Gasteiger partial charge >= 0.3 is 0 Å². The molecule has 26 heavy (non-hydrogen) atoms. The largest absolute Gasteiger partial charge is 0.493 e. The molecule has 1 aromatic carbocycles. The minimum absolute atomic E-state index is 0. The van der Waals surface area contributed by atoms with Crippen molar-refractivity contribution in [2.75, 3.05) is 32.1 Å². The lowest BCUT2D eigenvalue weighted by Crippen LogP contribution is -2.44. The summed E-state index contributed by atoms with van der Waals surface area (Å²) in [6.45, 7) is 1.39. The van der Waals surface area contributed by atoms with Crippen molar-refractivity contribution >= 4 is 29.9 Å². The number of carbonyl (C=O) groups is 2. The average Bonchev–Trinajstić information content (AvgIpc) is 3.05. The van der Waals surface area contributed by atoms with E-state index in [0.717, 1.165) is 32.4 Å². The Morgan fingerprint density at radius 1 is 1.35 bits per heavy atom. The molecule has 3 rings (SSSR count). The Labute approximate surface area is 159 Å². The van der Waals surface area contributed by atoms with Crippen LogP contribution in [0.25, 0.3) is 0 Å². The van der Waals surface area contributed by atoms with E-state index in [1.165, 1.54) is 13.5 Å². The summed E-state index contributed by atoms with van der Waals surface area (Å²) < 4.78 is 10.6. The zero-order valence-electron chi connectivity index (χ0n) is 14.9. The normalized spacial score (nSPS) is 24.1. The molecule has 0 spiro atoms. The molecule has 1 aromatic rings. The molecule has 1 saturated carbocycles. The fourth-order valence-electron chi connectivity index (χ4n) is 3.96. The maximum absolute atomic E-state index is 13.0. The van der Waals surface area contributed by atoms with Gasteiger partial charge in [0.25, 0.3) is 5.91 Å². The first-order valence-corrected chi connectivity index (χ1v) is 8.66. The first kappa shape index (κ1) is 20.3. The van der Waals surface area contributed by atoms with Gasteiger partial charge in [0.2, 0.25) is 5.91 Å². The summed E-state index contributed by atoms with van der Waals surface area (Å²) in [5.74, 6) is 0.729. The van der Waals surface area contributed by atoms with E-state index in [-0.39, 0.29) is 30.3 Å².